The summed E-state index contributed by atoms with van der Waals surface area (Å²) in [5.74, 6) is 0.555. The zero-order valence-electron chi connectivity index (χ0n) is 15.9. The molecule has 6 nitrogen and oxygen atoms in total. The quantitative estimate of drug-likeness (QED) is 0.518. The summed E-state index contributed by atoms with van der Waals surface area (Å²) in [7, 11) is 0. The first kappa shape index (κ1) is 17.7. The van der Waals surface area contributed by atoms with E-state index in [0.29, 0.717) is 23.0 Å². The molecule has 0 aliphatic heterocycles. The van der Waals surface area contributed by atoms with Crippen molar-refractivity contribution >= 4 is 34.2 Å². The number of carbonyl (C=O) groups is 1. The molecule has 0 atom stereocenters. The van der Waals surface area contributed by atoms with Gasteiger partial charge in [-0.25, -0.2) is 9.97 Å². The van der Waals surface area contributed by atoms with E-state index in [1.807, 2.05) is 75.4 Å². The topological polar surface area (TPSA) is 80.0 Å². The molecule has 4 aromatic rings. The van der Waals surface area contributed by atoms with Crippen LogP contribution in [-0.2, 0) is 0 Å². The van der Waals surface area contributed by atoms with Crippen molar-refractivity contribution in [3.8, 4) is 0 Å². The van der Waals surface area contributed by atoms with Crippen LogP contribution in [0.25, 0.3) is 11.0 Å². The van der Waals surface area contributed by atoms with Gasteiger partial charge in [-0.2, -0.15) is 0 Å². The number of benzene rings is 2. The van der Waals surface area contributed by atoms with Gasteiger partial charge in [0.2, 0.25) is 5.95 Å². The van der Waals surface area contributed by atoms with Gasteiger partial charge < -0.3 is 15.1 Å². The second-order valence-electron chi connectivity index (χ2n) is 6.69. The highest BCUT2D eigenvalue weighted by molar-refractivity contribution is 6.06. The summed E-state index contributed by atoms with van der Waals surface area (Å²) in [6.45, 7) is 5.73. The van der Waals surface area contributed by atoms with Gasteiger partial charge >= 0.3 is 0 Å². The molecule has 6 heteroatoms. The number of nitrogens with zero attached hydrogens (tertiary/aromatic N) is 2. The number of para-hydroxylation sites is 1. The highest BCUT2D eigenvalue weighted by atomic mass is 16.3. The van der Waals surface area contributed by atoms with Crippen molar-refractivity contribution in [2.24, 2.45) is 0 Å². The highest BCUT2D eigenvalue weighted by Gasteiger charge is 2.17. The summed E-state index contributed by atoms with van der Waals surface area (Å²) in [5, 5.41) is 7.01. The van der Waals surface area contributed by atoms with E-state index in [0.717, 1.165) is 28.0 Å². The zero-order chi connectivity index (χ0) is 19.7. The third-order valence-electron chi connectivity index (χ3n) is 4.41. The second-order valence-corrected chi connectivity index (χ2v) is 6.69. The minimum atomic E-state index is -0.284. The molecule has 28 heavy (non-hydrogen) atoms. The largest absolute Gasteiger partial charge is 0.451 e. The number of aryl methyl sites for hydroxylation is 3. The normalized spacial score (nSPS) is 10.8. The number of aromatic nitrogens is 2. The monoisotopic (exact) mass is 372 g/mol. The van der Waals surface area contributed by atoms with Crippen LogP contribution in [0.1, 0.15) is 27.5 Å². The molecule has 4 rings (SSSR count). The minimum Gasteiger partial charge on any atom is -0.451 e. The maximum absolute atomic E-state index is 12.7. The Kier molecular flexibility index (Phi) is 4.53. The molecular weight excluding hydrogens is 352 g/mol. The van der Waals surface area contributed by atoms with Gasteiger partial charge in [0.1, 0.15) is 5.58 Å². The fourth-order valence-corrected chi connectivity index (χ4v) is 3.16. The maximum Gasteiger partial charge on any atom is 0.291 e. The van der Waals surface area contributed by atoms with Crippen molar-refractivity contribution in [1.29, 1.82) is 0 Å². The van der Waals surface area contributed by atoms with Gasteiger partial charge in [0.25, 0.3) is 5.91 Å². The van der Waals surface area contributed by atoms with Crippen LogP contribution < -0.4 is 10.6 Å². The van der Waals surface area contributed by atoms with Crippen LogP contribution in [0.2, 0.25) is 0 Å². The molecule has 2 aromatic heterocycles. The SMILES string of the molecule is Cc1cc(C)nc(Nc2cccc(NC(=O)c3oc4ccccc4c3C)c2)n1. The number of anilines is 3. The molecule has 0 unspecified atom stereocenters. The van der Waals surface area contributed by atoms with Crippen molar-refractivity contribution in [1.82, 2.24) is 9.97 Å². The Labute approximate surface area is 162 Å². The minimum absolute atomic E-state index is 0.284. The molecule has 0 fully saturated rings. The Morgan fingerprint density at radius 1 is 0.893 bits per heavy atom. The molecule has 2 aromatic carbocycles. The number of fused-ring (bicyclic) bond motifs is 1. The summed E-state index contributed by atoms with van der Waals surface area (Å²) in [6, 6.07) is 16.9. The molecule has 2 heterocycles. The molecule has 0 bridgehead atoms. The fraction of sp³-hybridized carbons (Fsp3) is 0.136. The third kappa shape index (κ3) is 3.57. The van der Waals surface area contributed by atoms with Crippen LogP contribution in [0.4, 0.5) is 17.3 Å². The lowest BCUT2D eigenvalue weighted by Crippen LogP contribution is -2.12. The predicted octanol–water partition coefficient (Wildman–Crippen LogP) is 5.14. The number of hydrogen-bond donors (Lipinski definition) is 2. The van der Waals surface area contributed by atoms with Gasteiger partial charge in [-0.3, -0.25) is 4.79 Å². The Balaban J connectivity index is 1.55. The summed E-state index contributed by atoms with van der Waals surface area (Å²) in [4.78, 5) is 21.5. The van der Waals surface area contributed by atoms with Gasteiger partial charge in [-0.05, 0) is 51.1 Å². The van der Waals surface area contributed by atoms with E-state index in [9.17, 15) is 4.79 Å². The number of amides is 1. The fourth-order valence-electron chi connectivity index (χ4n) is 3.16. The van der Waals surface area contributed by atoms with Crippen LogP contribution >= 0.6 is 0 Å². The van der Waals surface area contributed by atoms with Crippen molar-refractivity contribution in [3.63, 3.8) is 0 Å². The molecule has 1 amide bonds. The summed E-state index contributed by atoms with van der Waals surface area (Å²) in [6.07, 6.45) is 0. The van der Waals surface area contributed by atoms with E-state index in [1.54, 1.807) is 0 Å². The maximum atomic E-state index is 12.7. The first-order chi connectivity index (χ1) is 13.5. The molecule has 0 radical (unpaired) electrons. The molecule has 0 aliphatic carbocycles. The molecule has 140 valence electrons. The van der Waals surface area contributed by atoms with E-state index in [2.05, 4.69) is 20.6 Å². The van der Waals surface area contributed by atoms with Gasteiger partial charge in [0, 0.05) is 33.7 Å². The summed E-state index contributed by atoms with van der Waals surface area (Å²) >= 11 is 0. The van der Waals surface area contributed by atoms with Crippen molar-refractivity contribution in [3.05, 3.63) is 77.3 Å². The first-order valence-electron chi connectivity index (χ1n) is 8.98. The summed E-state index contributed by atoms with van der Waals surface area (Å²) in [5.41, 5.74) is 4.74. The van der Waals surface area contributed by atoms with E-state index in [1.165, 1.54) is 0 Å². The Morgan fingerprint density at radius 2 is 1.61 bits per heavy atom. The van der Waals surface area contributed by atoms with E-state index in [4.69, 9.17) is 4.42 Å². The zero-order valence-corrected chi connectivity index (χ0v) is 15.9. The van der Waals surface area contributed by atoms with Crippen molar-refractivity contribution in [2.45, 2.75) is 20.8 Å². The Hall–Kier alpha value is -3.67. The van der Waals surface area contributed by atoms with Gasteiger partial charge in [-0.1, -0.05) is 24.3 Å². The van der Waals surface area contributed by atoms with Crippen LogP contribution in [-0.4, -0.2) is 15.9 Å². The lowest BCUT2D eigenvalue weighted by Gasteiger charge is -2.09. The molecular formula is C22H20N4O2. The number of hydrogen-bond acceptors (Lipinski definition) is 5. The number of rotatable bonds is 4. The summed E-state index contributed by atoms with van der Waals surface area (Å²) < 4.78 is 5.74. The van der Waals surface area contributed by atoms with Gasteiger partial charge in [-0.15, -0.1) is 0 Å². The van der Waals surface area contributed by atoms with Crippen molar-refractivity contribution in [2.75, 3.05) is 10.6 Å². The van der Waals surface area contributed by atoms with Crippen LogP contribution in [0.5, 0.6) is 0 Å². The lowest BCUT2D eigenvalue weighted by molar-refractivity contribution is 0.0998. The molecule has 0 aliphatic rings. The Morgan fingerprint density at radius 3 is 2.36 bits per heavy atom. The average Bonchev–Trinajstić information content (AvgIpc) is 2.98. The van der Waals surface area contributed by atoms with E-state index in [-0.39, 0.29) is 5.91 Å². The molecule has 0 saturated carbocycles. The number of furan rings is 1. The van der Waals surface area contributed by atoms with E-state index < -0.39 is 0 Å². The average molecular weight is 372 g/mol. The second kappa shape index (κ2) is 7.15. The highest BCUT2D eigenvalue weighted by Crippen LogP contribution is 2.26. The van der Waals surface area contributed by atoms with Crippen LogP contribution in [0.3, 0.4) is 0 Å². The van der Waals surface area contributed by atoms with Gasteiger partial charge in [0.05, 0.1) is 0 Å². The van der Waals surface area contributed by atoms with E-state index >= 15 is 0 Å². The van der Waals surface area contributed by atoms with Crippen LogP contribution in [0, 0.1) is 20.8 Å². The predicted molar refractivity (Wildman–Crippen MR) is 110 cm³/mol. The smallest absolute Gasteiger partial charge is 0.291 e. The van der Waals surface area contributed by atoms with Crippen molar-refractivity contribution < 1.29 is 9.21 Å². The molecule has 0 spiro atoms. The standard InChI is InChI=1S/C22H20N4O2/c1-13-11-14(2)24-22(23-13)26-17-8-6-7-16(12-17)25-21(27)20-15(3)18-9-4-5-10-19(18)28-20/h4-12H,1-3H3,(H,25,27)(H,23,24,26). The first-order valence-corrected chi connectivity index (χ1v) is 8.98. The molecule has 2 N–H and O–H groups in total. The van der Waals surface area contributed by atoms with Crippen LogP contribution in [0.15, 0.2) is 59.0 Å². The molecule has 0 saturated heterocycles. The lowest BCUT2D eigenvalue weighted by atomic mass is 10.1. The Bertz CT molecular complexity index is 1160. The number of nitrogens with one attached hydrogen (secondary N) is 2. The number of carbonyl (C=O) groups excluding carboxylic acids is 1. The third-order valence-corrected chi connectivity index (χ3v) is 4.41. The van der Waals surface area contributed by atoms with Gasteiger partial charge in [0.15, 0.2) is 5.76 Å².